The van der Waals surface area contributed by atoms with Gasteiger partial charge in [-0.15, -0.1) is 11.3 Å². The maximum absolute atomic E-state index is 12.2. The summed E-state index contributed by atoms with van der Waals surface area (Å²) >= 11 is 4.89. The molecule has 2 rings (SSSR count). The summed E-state index contributed by atoms with van der Waals surface area (Å²) in [6, 6.07) is -0.225. The molecule has 2 N–H and O–H groups in total. The number of aliphatic carboxylic acids is 1. The number of rotatable bonds is 3. The van der Waals surface area contributed by atoms with Crippen LogP contribution >= 0.6 is 27.3 Å². The molecule has 2 amide bonds. The minimum atomic E-state index is -0.834. The monoisotopic (exact) mass is 375 g/mol. The topological polar surface area (TPSA) is 82.5 Å². The average molecular weight is 376 g/mol. The summed E-state index contributed by atoms with van der Waals surface area (Å²) in [4.78, 5) is 29.2. The van der Waals surface area contributed by atoms with Gasteiger partial charge in [0.25, 0.3) is 0 Å². The third-order valence-corrected chi connectivity index (χ3v) is 5.48. The lowest BCUT2D eigenvalue weighted by atomic mass is 9.91. The van der Waals surface area contributed by atoms with Crippen molar-refractivity contribution in [2.45, 2.75) is 26.8 Å². The van der Waals surface area contributed by atoms with Gasteiger partial charge in [-0.05, 0) is 35.2 Å². The highest BCUT2D eigenvalue weighted by atomic mass is 79.9. The van der Waals surface area contributed by atoms with Crippen LogP contribution in [0.1, 0.15) is 24.0 Å². The van der Waals surface area contributed by atoms with Crippen LogP contribution in [0.5, 0.6) is 0 Å². The fourth-order valence-electron chi connectivity index (χ4n) is 2.47. The van der Waals surface area contributed by atoms with Crippen molar-refractivity contribution in [3.8, 4) is 0 Å². The van der Waals surface area contributed by atoms with Crippen LogP contribution in [-0.2, 0) is 11.3 Å². The first-order valence-corrected chi connectivity index (χ1v) is 8.35. The van der Waals surface area contributed by atoms with E-state index in [0.717, 1.165) is 14.5 Å². The van der Waals surface area contributed by atoms with Gasteiger partial charge in [-0.1, -0.05) is 6.92 Å². The molecule has 116 valence electrons. The van der Waals surface area contributed by atoms with Crippen molar-refractivity contribution in [1.29, 1.82) is 0 Å². The molecule has 1 saturated heterocycles. The van der Waals surface area contributed by atoms with E-state index in [9.17, 15) is 9.59 Å². The fourth-order valence-corrected chi connectivity index (χ4v) is 3.84. The molecule has 1 aromatic rings. The zero-order chi connectivity index (χ0) is 15.6. The summed E-state index contributed by atoms with van der Waals surface area (Å²) in [5, 5.41) is 12.8. The van der Waals surface area contributed by atoms with Gasteiger partial charge in [0.05, 0.1) is 21.9 Å². The number of halogens is 1. The third-order valence-electron chi connectivity index (χ3n) is 3.47. The van der Waals surface area contributed by atoms with Crippen molar-refractivity contribution < 1.29 is 14.7 Å². The number of piperidine rings is 1. The molecule has 0 aromatic carbocycles. The number of likely N-dealkylation sites (tertiary alicyclic amines) is 1. The van der Waals surface area contributed by atoms with Crippen LogP contribution in [-0.4, -0.2) is 40.1 Å². The Bertz CT molecular complexity index is 529. The van der Waals surface area contributed by atoms with Crippen molar-refractivity contribution in [2.24, 2.45) is 11.8 Å². The van der Waals surface area contributed by atoms with Crippen molar-refractivity contribution in [1.82, 2.24) is 15.2 Å². The molecule has 6 nitrogen and oxygen atoms in total. The summed E-state index contributed by atoms with van der Waals surface area (Å²) in [5.74, 6) is -1.11. The van der Waals surface area contributed by atoms with Crippen molar-refractivity contribution in [3.05, 3.63) is 14.5 Å². The first-order valence-electron chi connectivity index (χ1n) is 6.74. The van der Waals surface area contributed by atoms with Gasteiger partial charge >= 0.3 is 12.0 Å². The Labute approximate surface area is 135 Å². The lowest BCUT2D eigenvalue weighted by Crippen LogP contribution is -2.49. The van der Waals surface area contributed by atoms with E-state index >= 15 is 0 Å². The smallest absolute Gasteiger partial charge is 0.317 e. The van der Waals surface area contributed by atoms with Crippen molar-refractivity contribution in [2.75, 3.05) is 13.1 Å². The first kappa shape index (κ1) is 16.2. The van der Waals surface area contributed by atoms with Crippen LogP contribution in [0.2, 0.25) is 0 Å². The summed E-state index contributed by atoms with van der Waals surface area (Å²) in [5.41, 5.74) is 0.904. The number of nitrogens with zero attached hydrogens (tertiary/aromatic N) is 2. The van der Waals surface area contributed by atoms with E-state index < -0.39 is 11.9 Å². The fraction of sp³-hybridized carbons (Fsp3) is 0.615. The average Bonchev–Trinajstić information content (AvgIpc) is 2.74. The van der Waals surface area contributed by atoms with E-state index in [1.807, 2.05) is 13.8 Å². The first-order chi connectivity index (χ1) is 9.86. The standard InChI is InChI=1S/C13H18BrN3O3S/c1-7-3-9(12(18)19)6-17(5-7)13(20)15-4-10-16-8(2)11(14)21-10/h7,9H,3-6H2,1-2H3,(H,15,20)(H,18,19). The van der Waals surface area contributed by atoms with Gasteiger partial charge < -0.3 is 15.3 Å². The van der Waals surface area contributed by atoms with Gasteiger partial charge in [0.2, 0.25) is 0 Å². The quantitative estimate of drug-likeness (QED) is 0.849. The highest BCUT2D eigenvalue weighted by Crippen LogP contribution is 2.24. The second-order valence-corrected chi connectivity index (χ2v) is 7.81. The minimum absolute atomic E-state index is 0.196. The van der Waals surface area contributed by atoms with E-state index in [1.165, 1.54) is 11.3 Å². The Hall–Kier alpha value is -1.15. The predicted octanol–water partition coefficient (Wildman–Crippen LogP) is 2.47. The van der Waals surface area contributed by atoms with Crippen LogP contribution in [0.15, 0.2) is 3.79 Å². The van der Waals surface area contributed by atoms with Gasteiger partial charge in [-0.25, -0.2) is 9.78 Å². The summed E-state index contributed by atoms with van der Waals surface area (Å²) in [6.45, 7) is 5.09. The van der Waals surface area contributed by atoms with Crippen LogP contribution in [0.3, 0.4) is 0 Å². The Morgan fingerprint density at radius 3 is 2.81 bits per heavy atom. The predicted molar refractivity (Wildman–Crippen MR) is 83.3 cm³/mol. The van der Waals surface area contributed by atoms with E-state index in [0.29, 0.717) is 19.5 Å². The largest absolute Gasteiger partial charge is 0.481 e. The molecule has 1 aromatic heterocycles. The number of thiazole rings is 1. The Balaban J connectivity index is 1.91. The summed E-state index contributed by atoms with van der Waals surface area (Å²) < 4.78 is 0.962. The molecule has 2 unspecified atom stereocenters. The third kappa shape index (κ3) is 4.16. The molecule has 21 heavy (non-hydrogen) atoms. The molecule has 2 heterocycles. The molecule has 0 saturated carbocycles. The Morgan fingerprint density at radius 1 is 1.52 bits per heavy atom. The maximum atomic E-state index is 12.2. The number of carboxylic acids is 1. The highest BCUT2D eigenvalue weighted by Gasteiger charge is 2.31. The minimum Gasteiger partial charge on any atom is -0.481 e. The van der Waals surface area contributed by atoms with E-state index in [4.69, 9.17) is 5.11 Å². The van der Waals surface area contributed by atoms with Gasteiger partial charge in [0.15, 0.2) is 0 Å². The zero-order valence-corrected chi connectivity index (χ0v) is 14.3. The highest BCUT2D eigenvalue weighted by molar-refractivity contribution is 9.11. The molecular weight excluding hydrogens is 358 g/mol. The number of aryl methyl sites for hydroxylation is 1. The SMILES string of the molecule is Cc1nc(CNC(=O)N2CC(C)CC(C(=O)O)C2)sc1Br. The van der Waals surface area contributed by atoms with Gasteiger partial charge in [0, 0.05) is 13.1 Å². The lowest BCUT2D eigenvalue weighted by molar-refractivity contribution is -0.143. The zero-order valence-electron chi connectivity index (χ0n) is 11.9. The van der Waals surface area contributed by atoms with Crippen LogP contribution in [0.4, 0.5) is 4.79 Å². The molecule has 0 spiro atoms. The molecule has 2 atom stereocenters. The molecule has 8 heteroatoms. The normalized spacial score (nSPS) is 22.1. The second-order valence-electron chi connectivity index (χ2n) is 5.41. The number of aromatic nitrogens is 1. The second kappa shape index (κ2) is 6.74. The van der Waals surface area contributed by atoms with Gasteiger partial charge in [-0.2, -0.15) is 0 Å². The molecule has 1 aliphatic rings. The summed E-state index contributed by atoms with van der Waals surface area (Å²) in [6.07, 6.45) is 0.623. The number of urea groups is 1. The molecule has 1 aliphatic heterocycles. The van der Waals surface area contributed by atoms with Crippen molar-refractivity contribution in [3.63, 3.8) is 0 Å². The number of amides is 2. The van der Waals surface area contributed by atoms with Crippen LogP contribution in [0, 0.1) is 18.8 Å². The number of nitrogens with one attached hydrogen (secondary N) is 1. The molecule has 0 radical (unpaired) electrons. The van der Waals surface area contributed by atoms with E-state index in [-0.39, 0.29) is 18.5 Å². The summed E-state index contributed by atoms with van der Waals surface area (Å²) in [7, 11) is 0. The number of carbonyl (C=O) groups is 2. The van der Waals surface area contributed by atoms with Crippen LogP contribution in [0.25, 0.3) is 0 Å². The molecule has 1 fully saturated rings. The van der Waals surface area contributed by atoms with E-state index in [1.54, 1.807) is 4.90 Å². The molecule has 0 aliphatic carbocycles. The molecular formula is C13H18BrN3O3S. The van der Waals surface area contributed by atoms with Gasteiger partial charge in [0.1, 0.15) is 5.01 Å². The maximum Gasteiger partial charge on any atom is 0.317 e. The van der Waals surface area contributed by atoms with Crippen LogP contribution < -0.4 is 5.32 Å². The molecule has 0 bridgehead atoms. The van der Waals surface area contributed by atoms with E-state index in [2.05, 4.69) is 26.2 Å². The number of carbonyl (C=O) groups excluding carboxylic acids is 1. The number of carboxylic acid groups (broad SMARTS) is 1. The Morgan fingerprint density at radius 2 is 2.24 bits per heavy atom. The van der Waals surface area contributed by atoms with Crippen molar-refractivity contribution >= 4 is 39.3 Å². The number of hydrogen-bond donors (Lipinski definition) is 2. The Kier molecular flexibility index (Phi) is 5.21. The lowest BCUT2D eigenvalue weighted by Gasteiger charge is -2.34. The number of hydrogen-bond acceptors (Lipinski definition) is 4. The van der Waals surface area contributed by atoms with Gasteiger partial charge in [-0.3, -0.25) is 4.79 Å².